The van der Waals surface area contributed by atoms with E-state index in [0.717, 1.165) is 41.7 Å². The zero-order valence-corrected chi connectivity index (χ0v) is 16.1. The fourth-order valence-corrected chi connectivity index (χ4v) is 5.00. The van der Waals surface area contributed by atoms with Gasteiger partial charge in [0.15, 0.2) is 0 Å². The Kier molecular flexibility index (Phi) is 5.45. The molecule has 0 aliphatic rings. The Bertz CT molecular complexity index is 1090. The summed E-state index contributed by atoms with van der Waals surface area (Å²) in [6.07, 6.45) is 1.29. The number of sulfone groups is 1. The lowest BCUT2D eigenvalue weighted by atomic mass is 10.1. The predicted octanol–water partition coefficient (Wildman–Crippen LogP) is 5.22. The summed E-state index contributed by atoms with van der Waals surface area (Å²) in [5.74, 6) is -2.30. The van der Waals surface area contributed by atoms with Crippen LogP contribution in [0.15, 0.2) is 51.1 Å². The van der Waals surface area contributed by atoms with E-state index in [-0.39, 0.29) is 20.6 Å². The summed E-state index contributed by atoms with van der Waals surface area (Å²) in [6, 6.07) is 4.09. The second-order valence-electron chi connectivity index (χ2n) is 5.60. The summed E-state index contributed by atoms with van der Waals surface area (Å²) in [5.41, 5.74) is 0.0642. The first-order valence-corrected chi connectivity index (χ1v) is 10.3. The Balaban J connectivity index is 1.95. The number of anilines is 1. The number of aromatic nitrogens is 1. The largest absolute Gasteiger partial charge is 0.377 e. The molecule has 0 unspecified atom stereocenters. The Labute approximate surface area is 162 Å². The number of thiazole rings is 1. The van der Waals surface area contributed by atoms with E-state index < -0.39 is 38.2 Å². The van der Waals surface area contributed by atoms with Crippen molar-refractivity contribution in [1.29, 1.82) is 0 Å². The molecule has 1 aromatic heterocycles. The SMILES string of the molecule is C[C@H](Nc1cc(F)c(S(=O)(=O)c2nccs2)cc1Cl)c1cc(F)ccc1F. The van der Waals surface area contributed by atoms with Crippen LogP contribution in [0.1, 0.15) is 18.5 Å². The minimum atomic E-state index is -4.15. The van der Waals surface area contributed by atoms with Crippen molar-refractivity contribution in [3.05, 3.63) is 69.9 Å². The van der Waals surface area contributed by atoms with Gasteiger partial charge in [0.25, 0.3) is 0 Å². The van der Waals surface area contributed by atoms with Crippen LogP contribution < -0.4 is 5.32 Å². The first kappa shape index (κ1) is 19.7. The molecule has 0 aliphatic heterocycles. The average molecular weight is 433 g/mol. The first-order valence-electron chi connectivity index (χ1n) is 7.55. The highest BCUT2D eigenvalue weighted by atomic mass is 35.5. The molecular formula is C17H12ClF3N2O2S2. The highest BCUT2D eigenvalue weighted by Crippen LogP contribution is 2.34. The molecule has 4 nitrogen and oxygen atoms in total. The van der Waals surface area contributed by atoms with Crippen molar-refractivity contribution in [2.24, 2.45) is 0 Å². The monoisotopic (exact) mass is 432 g/mol. The molecule has 142 valence electrons. The zero-order chi connectivity index (χ0) is 19.8. The molecule has 1 N–H and O–H groups in total. The van der Waals surface area contributed by atoms with E-state index in [2.05, 4.69) is 10.3 Å². The second-order valence-corrected chi connectivity index (χ2v) is 8.99. The minimum absolute atomic E-state index is 0.0194. The molecule has 2 aromatic carbocycles. The predicted molar refractivity (Wildman–Crippen MR) is 97.4 cm³/mol. The molecule has 1 heterocycles. The molecule has 10 heteroatoms. The van der Waals surface area contributed by atoms with Crippen LogP contribution in [0.2, 0.25) is 5.02 Å². The number of rotatable bonds is 5. The maximum atomic E-state index is 14.5. The summed E-state index contributed by atoms with van der Waals surface area (Å²) >= 11 is 6.95. The maximum Gasteiger partial charge on any atom is 0.236 e. The molecular weight excluding hydrogens is 421 g/mol. The van der Waals surface area contributed by atoms with Crippen molar-refractivity contribution in [1.82, 2.24) is 4.98 Å². The van der Waals surface area contributed by atoms with Crippen LogP contribution in [0.3, 0.4) is 0 Å². The van der Waals surface area contributed by atoms with Crippen LogP contribution in [-0.4, -0.2) is 13.4 Å². The maximum absolute atomic E-state index is 14.5. The lowest BCUT2D eigenvalue weighted by molar-refractivity contribution is 0.566. The molecule has 0 aliphatic carbocycles. The summed E-state index contributed by atoms with van der Waals surface area (Å²) in [7, 11) is -4.15. The second kappa shape index (κ2) is 7.49. The van der Waals surface area contributed by atoms with Gasteiger partial charge in [-0.25, -0.2) is 26.6 Å². The third-order valence-electron chi connectivity index (χ3n) is 3.75. The lowest BCUT2D eigenvalue weighted by Gasteiger charge is -2.18. The van der Waals surface area contributed by atoms with E-state index in [1.54, 1.807) is 0 Å². The van der Waals surface area contributed by atoms with Crippen molar-refractivity contribution in [2.75, 3.05) is 5.32 Å². The highest BCUT2D eigenvalue weighted by Gasteiger charge is 2.26. The normalized spacial score (nSPS) is 12.8. The molecule has 0 fully saturated rings. The molecule has 0 saturated carbocycles. The van der Waals surface area contributed by atoms with Gasteiger partial charge in [-0.2, -0.15) is 0 Å². The quantitative estimate of drug-likeness (QED) is 0.600. The number of nitrogens with one attached hydrogen (secondary N) is 1. The summed E-state index contributed by atoms with van der Waals surface area (Å²) in [4.78, 5) is 3.08. The van der Waals surface area contributed by atoms with Crippen molar-refractivity contribution in [2.45, 2.75) is 22.2 Å². The van der Waals surface area contributed by atoms with E-state index in [4.69, 9.17) is 11.6 Å². The molecule has 0 radical (unpaired) electrons. The molecule has 3 rings (SSSR count). The molecule has 0 spiro atoms. The van der Waals surface area contributed by atoms with Gasteiger partial charge >= 0.3 is 0 Å². The first-order chi connectivity index (χ1) is 12.7. The van der Waals surface area contributed by atoms with Gasteiger partial charge in [0, 0.05) is 17.1 Å². The van der Waals surface area contributed by atoms with Gasteiger partial charge in [-0.3, -0.25) is 0 Å². The Hall–Kier alpha value is -2.10. The van der Waals surface area contributed by atoms with Crippen LogP contribution in [0.25, 0.3) is 0 Å². The number of benzene rings is 2. The third kappa shape index (κ3) is 3.95. The third-order valence-corrected chi connectivity index (χ3v) is 7.03. The van der Waals surface area contributed by atoms with E-state index in [1.165, 1.54) is 18.5 Å². The number of hydrogen-bond donors (Lipinski definition) is 1. The van der Waals surface area contributed by atoms with Crippen molar-refractivity contribution in [3.63, 3.8) is 0 Å². The Morgan fingerprint density at radius 3 is 2.56 bits per heavy atom. The number of hydrogen-bond acceptors (Lipinski definition) is 5. The zero-order valence-electron chi connectivity index (χ0n) is 13.7. The van der Waals surface area contributed by atoms with Gasteiger partial charge in [0.1, 0.15) is 22.3 Å². The summed E-state index contributed by atoms with van der Waals surface area (Å²) < 4.78 is 66.3. The smallest absolute Gasteiger partial charge is 0.236 e. The van der Waals surface area contributed by atoms with Crippen LogP contribution in [0.4, 0.5) is 18.9 Å². The number of halogens is 4. The van der Waals surface area contributed by atoms with Crippen LogP contribution in [-0.2, 0) is 9.84 Å². The Morgan fingerprint density at radius 1 is 1.15 bits per heavy atom. The van der Waals surface area contributed by atoms with Gasteiger partial charge < -0.3 is 5.32 Å². The van der Waals surface area contributed by atoms with Crippen LogP contribution in [0, 0.1) is 17.5 Å². The van der Waals surface area contributed by atoms with E-state index >= 15 is 0 Å². The van der Waals surface area contributed by atoms with Crippen molar-refractivity contribution < 1.29 is 21.6 Å². The van der Waals surface area contributed by atoms with E-state index in [1.807, 2.05) is 0 Å². The fourth-order valence-electron chi connectivity index (χ4n) is 2.44. The molecule has 3 aromatic rings. The topological polar surface area (TPSA) is 59.1 Å². The van der Waals surface area contributed by atoms with Gasteiger partial charge in [0.2, 0.25) is 14.2 Å². The van der Waals surface area contributed by atoms with E-state index in [0.29, 0.717) is 0 Å². The van der Waals surface area contributed by atoms with Gasteiger partial charge in [-0.1, -0.05) is 11.6 Å². The molecule has 0 amide bonds. The van der Waals surface area contributed by atoms with Crippen LogP contribution >= 0.6 is 22.9 Å². The van der Waals surface area contributed by atoms with E-state index in [9.17, 15) is 21.6 Å². The molecule has 0 saturated heterocycles. The Morgan fingerprint density at radius 2 is 1.89 bits per heavy atom. The van der Waals surface area contributed by atoms with Gasteiger partial charge in [-0.15, -0.1) is 11.3 Å². The number of nitrogens with zero attached hydrogens (tertiary/aromatic N) is 1. The van der Waals surface area contributed by atoms with Gasteiger partial charge in [-0.05, 0) is 37.3 Å². The fraction of sp³-hybridized carbons (Fsp3) is 0.118. The molecule has 27 heavy (non-hydrogen) atoms. The van der Waals surface area contributed by atoms with Crippen molar-refractivity contribution in [3.8, 4) is 0 Å². The molecule has 0 bridgehead atoms. The lowest BCUT2D eigenvalue weighted by Crippen LogP contribution is -2.11. The summed E-state index contributed by atoms with van der Waals surface area (Å²) in [6.45, 7) is 1.53. The van der Waals surface area contributed by atoms with Crippen molar-refractivity contribution >= 4 is 38.5 Å². The standard InChI is InChI=1S/C17H12ClF3N2O2S2/c1-9(11-6-10(19)2-3-13(11)20)23-15-8-14(21)16(7-12(15)18)27(24,25)17-22-4-5-26-17/h2-9,23H,1H3/t9-/m0/s1. The minimum Gasteiger partial charge on any atom is -0.377 e. The highest BCUT2D eigenvalue weighted by molar-refractivity contribution is 7.93. The molecule has 1 atom stereocenters. The average Bonchev–Trinajstić information content (AvgIpc) is 3.15. The summed E-state index contributed by atoms with van der Waals surface area (Å²) in [5, 5.41) is 4.13. The van der Waals surface area contributed by atoms with Crippen LogP contribution in [0.5, 0.6) is 0 Å². The van der Waals surface area contributed by atoms with Gasteiger partial charge in [0.05, 0.1) is 16.8 Å².